The van der Waals surface area contributed by atoms with E-state index in [-0.39, 0.29) is 17.7 Å². The molecule has 1 heterocycles. The second-order valence-corrected chi connectivity index (χ2v) is 5.23. The van der Waals surface area contributed by atoms with Crippen LogP contribution in [-0.4, -0.2) is 11.0 Å². The zero-order valence-electron chi connectivity index (χ0n) is 11.0. The number of halogens is 1. The summed E-state index contributed by atoms with van der Waals surface area (Å²) >= 11 is 1.64. The summed E-state index contributed by atoms with van der Waals surface area (Å²) in [5.74, 6) is -0.478. The Bertz CT molecular complexity index is 598. The van der Waals surface area contributed by atoms with E-state index in [9.17, 15) is 4.39 Å². The Morgan fingerprint density at radius 2 is 2.30 bits per heavy atom. The number of nitrogens with two attached hydrogens (primary N) is 1. The number of amidine groups is 1. The van der Waals surface area contributed by atoms with E-state index in [1.165, 1.54) is 11.6 Å². The van der Waals surface area contributed by atoms with Gasteiger partial charge in [-0.15, -0.1) is 0 Å². The number of nitrogens with one attached hydrogen (secondary N) is 1. The van der Waals surface area contributed by atoms with Gasteiger partial charge in [0.05, 0.1) is 0 Å². The van der Waals surface area contributed by atoms with Crippen molar-refractivity contribution in [1.82, 2.24) is 5.32 Å². The maximum Gasteiger partial charge on any atom is 0.170 e. The largest absolute Gasteiger partial charge is 0.409 e. The van der Waals surface area contributed by atoms with Crippen molar-refractivity contribution in [1.29, 1.82) is 0 Å². The number of hydrogen-bond donors (Lipinski definition) is 3. The van der Waals surface area contributed by atoms with E-state index >= 15 is 0 Å². The van der Waals surface area contributed by atoms with Crippen LogP contribution in [0.5, 0.6) is 0 Å². The number of hydrogen-bond acceptors (Lipinski definition) is 4. The van der Waals surface area contributed by atoms with Gasteiger partial charge in [0.15, 0.2) is 5.84 Å². The van der Waals surface area contributed by atoms with Gasteiger partial charge in [0.25, 0.3) is 0 Å². The molecule has 0 saturated heterocycles. The fraction of sp³-hybridized carbons (Fsp3) is 0.214. The molecule has 106 valence electrons. The van der Waals surface area contributed by atoms with Gasteiger partial charge in [0, 0.05) is 23.7 Å². The molecular formula is C14H16FN3OS. The lowest BCUT2D eigenvalue weighted by atomic mass is 10.1. The lowest BCUT2D eigenvalue weighted by molar-refractivity contribution is 0.318. The maximum atomic E-state index is 13.9. The first-order chi connectivity index (χ1) is 9.61. The van der Waals surface area contributed by atoms with E-state index in [0.29, 0.717) is 17.7 Å². The van der Waals surface area contributed by atoms with E-state index in [0.717, 1.165) is 0 Å². The monoisotopic (exact) mass is 293 g/mol. The third kappa shape index (κ3) is 3.34. The van der Waals surface area contributed by atoms with Crippen LogP contribution in [0.2, 0.25) is 0 Å². The van der Waals surface area contributed by atoms with E-state index in [2.05, 4.69) is 15.9 Å². The van der Waals surface area contributed by atoms with Crippen LogP contribution in [0.25, 0.3) is 0 Å². The first-order valence-electron chi connectivity index (χ1n) is 6.13. The molecule has 0 spiro atoms. The Morgan fingerprint density at radius 1 is 1.50 bits per heavy atom. The van der Waals surface area contributed by atoms with Gasteiger partial charge in [0.1, 0.15) is 5.82 Å². The lowest BCUT2D eigenvalue weighted by Crippen LogP contribution is -2.19. The summed E-state index contributed by atoms with van der Waals surface area (Å²) in [7, 11) is 0. The highest BCUT2D eigenvalue weighted by Crippen LogP contribution is 2.17. The fourth-order valence-corrected chi connectivity index (χ4v) is 2.56. The maximum absolute atomic E-state index is 13.9. The first-order valence-corrected chi connectivity index (χ1v) is 7.08. The SMILES string of the molecule is CC(NCc1ccc(C(N)=NO)cc1F)c1ccsc1. The van der Waals surface area contributed by atoms with Crippen molar-refractivity contribution >= 4 is 17.2 Å². The van der Waals surface area contributed by atoms with Crippen LogP contribution in [0.1, 0.15) is 29.7 Å². The Morgan fingerprint density at radius 3 is 2.90 bits per heavy atom. The molecule has 0 aliphatic heterocycles. The third-order valence-corrected chi connectivity index (χ3v) is 3.80. The van der Waals surface area contributed by atoms with E-state index in [1.54, 1.807) is 23.5 Å². The number of rotatable bonds is 5. The van der Waals surface area contributed by atoms with Gasteiger partial charge in [0.2, 0.25) is 0 Å². The van der Waals surface area contributed by atoms with Gasteiger partial charge in [-0.2, -0.15) is 11.3 Å². The minimum atomic E-state index is -0.376. The molecule has 1 aromatic carbocycles. The predicted octanol–water partition coefficient (Wildman–Crippen LogP) is 2.83. The number of nitrogens with zero attached hydrogens (tertiary/aromatic N) is 1. The van der Waals surface area contributed by atoms with Crippen LogP contribution in [-0.2, 0) is 6.54 Å². The second kappa shape index (κ2) is 6.49. The molecule has 0 aliphatic rings. The van der Waals surface area contributed by atoms with Crippen molar-refractivity contribution in [3.8, 4) is 0 Å². The smallest absolute Gasteiger partial charge is 0.170 e. The summed E-state index contributed by atoms with van der Waals surface area (Å²) in [5, 5.41) is 18.7. The average Bonchev–Trinajstić information content (AvgIpc) is 2.99. The molecule has 0 aliphatic carbocycles. The van der Waals surface area contributed by atoms with Crippen molar-refractivity contribution in [2.75, 3.05) is 0 Å². The molecule has 4 nitrogen and oxygen atoms in total. The molecule has 0 amide bonds. The molecule has 6 heteroatoms. The number of benzene rings is 1. The molecule has 1 aromatic heterocycles. The van der Waals surface area contributed by atoms with E-state index < -0.39 is 0 Å². The van der Waals surface area contributed by atoms with Crippen molar-refractivity contribution in [3.63, 3.8) is 0 Å². The molecule has 1 unspecified atom stereocenters. The Balaban J connectivity index is 2.03. The summed E-state index contributed by atoms with van der Waals surface area (Å²) in [5.41, 5.74) is 7.51. The summed E-state index contributed by atoms with van der Waals surface area (Å²) < 4.78 is 13.9. The average molecular weight is 293 g/mol. The van der Waals surface area contributed by atoms with Crippen LogP contribution >= 0.6 is 11.3 Å². The summed E-state index contributed by atoms with van der Waals surface area (Å²) in [6.07, 6.45) is 0. The molecule has 20 heavy (non-hydrogen) atoms. The number of oxime groups is 1. The van der Waals surface area contributed by atoms with Gasteiger partial charge < -0.3 is 16.3 Å². The Kier molecular flexibility index (Phi) is 4.70. The minimum absolute atomic E-state index is 0.102. The van der Waals surface area contributed by atoms with Crippen LogP contribution in [0, 0.1) is 5.82 Å². The zero-order chi connectivity index (χ0) is 14.5. The van der Waals surface area contributed by atoms with Crippen molar-refractivity contribution in [2.24, 2.45) is 10.9 Å². The predicted molar refractivity (Wildman–Crippen MR) is 78.5 cm³/mol. The van der Waals surface area contributed by atoms with Crippen molar-refractivity contribution in [3.05, 3.63) is 57.5 Å². The number of thiophene rings is 1. The normalized spacial score (nSPS) is 13.4. The van der Waals surface area contributed by atoms with Crippen molar-refractivity contribution in [2.45, 2.75) is 19.5 Å². The minimum Gasteiger partial charge on any atom is -0.409 e. The quantitative estimate of drug-likeness (QED) is 0.343. The van der Waals surface area contributed by atoms with Gasteiger partial charge in [-0.1, -0.05) is 17.3 Å². The van der Waals surface area contributed by atoms with Crippen molar-refractivity contribution < 1.29 is 9.60 Å². The molecule has 0 fully saturated rings. The van der Waals surface area contributed by atoms with E-state index in [4.69, 9.17) is 10.9 Å². The van der Waals surface area contributed by atoms with E-state index in [1.807, 2.05) is 18.4 Å². The summed E-state index contributed by atoms with van der Waals surface area (Å²) in [4.78, 5) is 0. The van der Waals surface area contributed by atoms with Crippen LogP contribution in [0.15, 0.2) is 40.2 Å². The molecule has 0 bridgehead atoms. The zero-order valence-corrected chi connectivity index (χ0v) is 11.8. The van der Waals surface area contributed by atoms with Gasteiger partial charge in [-0.05, 0) is 35.4 Å². The van der Waals surface area contributed by atoms with Crippen LogP contribution in [0.3, 0.4) is 0 Å². The molecule has 2 rings (SSSR count). The van der Waals surface area contributed by atoms with Gasteiger partial charge >= 0.3 is 0 Å². The lowest BCUT2D eigenvalue weighted by Gasteiger charge is -2.13. The fourth-order valence-electron chi connectivity index (χ4n) is 1.81. The molecule has 0 saturated carbocycles. The van der Waals surface area contributed by atoms with Crippen LogP contribution in [0.4, 0.5) is 4.39 Å². The first kappa shape index (κ1) is 14.5. The Labute approximate surface area is 120 Å². The standard InChI is InChI=1S/C14H16FN3OS/c1-9(12-4-5-20-8-12)17-7-11-3-2-10(6-13(11)15)14(16)18-19/h2-6,8-9,17,19H,7H2,1H3,(H2,16,18). The summed E-state index contributed by atoms with van der Waals surface area (Å²) in [6.45, 7) is 2.45. The summed E-state index contributed by atoms with van der Waals surface area (Å²) in [6, 6.07) is 6.73. The van der Waals surface area contributed by atoms with Crippen LogP contribution < -0.4 is 11.1 Å². The molecule has 1 atom stereocenters. The van der Waals surface area contributed by atoms with Gasteiger partial charge in [-0.3, -0.25) is 0 Å². The molecule has 2 aromatic rings. The van der Waals surface area contributed by atoms with Gasteiger partial charge in [-0.25, -0.2) is 4.39 Å². The third-order valence-electron chi connectivity index (χ3n) is 3.10. The topological polar surface area (TPSA) is 70.6 Å². The highest BCUT2D eigenvalue weighted by atomic mass is 32.1. The molecular weight excluding hydrogens is 277 g/mol. The second-order valence-electron chi connectivity index (χ2n) is 4.45. The molecule has 0 radical (unpaired) electrons. The highest BCUT2D eigenvalue weighted by molar-refractivity contribution is 7.07. The Hall–Kier alpha value is -1.92. The highest BCUT2D eigenvalue weighted by Gasteiger charge is 2.09. The molecule has 4 N–H and O–H groups in total.